The Morgan fingerprint density at radius 3 is 2.21 bits per heavy atom. The predicted octanol–water partition coefficient (Wildman–Crippen LogP) is 2.43. The summed E-state index contributed by atoms with van der Waals surface area (Å²) in [6.45, 7) is 1.04. The Balaban J connectivity index is 1.83. The number of anilines is 2. The standard InChI is InChI=1S/C19H18ClN5O3/c1-11-16(17(20)25(4)22-11)19(27)28-10-15(26)12(9-21)18-23(2)13-7-5-6-8-14(13)24(18)3/h5-8H,10H2,1-4H3. The van der Waals surface area contributed by atoms with Crippen LogP contribution in [-0.4, -0.2) is 42.2 Å². The van der Waals surface area contributed by atoms with Crippen LogP contribution in [0.4, 0.5) is 11.4 Å². The number of aromatic nitrogens is 2. The maximum absolute atomic E-state index is 12.6. The molecule has 0 fully saturated rings. The summed E-state index contributed by atoms with van der Waals surface area (Å²) in [7, 11) is 5.14. The SMILES string of the molecule is Cc1nn(C)c(Cl)c1C(=O)OCC(=O)C(C#N)=C1N(C)c2ccccc2N1C. The first kappa shape index (κ1) is 19.5. The van der Waals surface area contributed by atoms with Crippen molar-refractivity contribution in [2.75, 3.05) is 30.5 Å². The molecule has 144 valence electrons. The number of halogens is 1. The number of carbonyl (C=O) groups is 2. The summed E-state index contributed by atoms with van der Waals surface area (Å²) in [5.74, 6) is -0.932. The van der Waals surface area contributed by atoms with Crippen LogP contribution in [0.25, 0.3) is 0 Å². The number of hydrogen-bond donors (Lipinski definition) is 0. The molecule has 0 radical (unpaired) electrons. The minimum atomic E-state index is -0.761. The van der Waals surface area contributed by atoms with Crippen molar-refractivity contribution in [2.45, 2.75) is 6.92 Å². The lowest BCUT2D eigenvalue weighted by molar-refractivity contribution is -0.118. The summed E-state index contributed by atoms with van der Waals surface area (Å²) in [4.78, 5) is 28.5. The topological polar surface area (TPSA) is 91.5 Å². The molecule has 1 aliphatic heterocycles. The van der Waals surface area contributed by atoms with Crippen molar-refractivity contribution < 1.29 is 14.3 Å². The molecule has 1 aromatic heterocycles. The van der Waals surface area contributed by atoms with Crippen LogP contribution in [0.15, 0.2) is 35.7 Å². The van der Waals surface area contributed by atoms with E-state index in [9.17, 15) is 14.9 Å². The van der Waals surface area contributed by atoms with Crippen molar-refractivity contribution in [3.8, 4) is 6.07 Å². The highest BCUT2D eigenvalue weighted by Crippen LogP contribution is 2.40. The Hall–Kier alpha value is -3.31. The lowest BCUT2D eigenvalue weighted by Crippen LogP contribution is -2.28. The third-order valence-corrected chi connectivity index (χ3v) is 4.98. The molecule has 0 saturated heterocycles. The second-order valence-corrected chi connectivity index (χ2v) is 6.65. The van der Waals surface area contributed by atoms with E-state index in [-0.39, 0.29) is 16.3 Å². The zero-order valence-electron chi connectivity index (χ0n) is 15.9. The van der Waals surface area contributed by atoms with Gasteiger partial charge in [-0.3, -0.25) is 9.48 Å². The molecule has 9 heteroatoms. The zero-order valence-corrected chi connectivity index (χ0v) is 16.6. The Morgan fingerprint density at radius 1 is 1.18 bits per heavy atom. The number of carbonyl (C=O) groups excluding carboxylic acids is 2. The molecule has 2 aromatic rings. The summed E-state index contributed by atoms with van der Waals surface area (Å²) in [5.41, 5.74) is 2.15. The maximum Gasteiger partial charge on any atom is 0.343 e. The molecule has 0 unspecified atom stereocenters. The number of ether oxygens (including phenoxy) is 1. The molecule has 3 rings (SSSR count). The summed E-state index contributed by atoms with van der Waals surface area (Å²) < 4.78 is 6.45. The lowest BCUT2D eigenvalue weighted by atomic mass is 10.2. The number of benzene rings is 1. The average Bonchev–Trinajstić information content (AvgIpc) is 3.07. The maximum atomic E-state index is 12.6. The molecule has 28 heavy (non-hydrogen) atoms. The first-order chi connectivity index (χ1) is 13.3. The highest BCUT2D eigenvalue weighted by Gasteiger charge is 2.32. The van der Waals surface area contributed by atoms with Crippen LogP contribution in [0.2, 0.25) is 5.15 Å². The predicted molar refractivity (Wildman–Crippen MR) is 104 cm³/mol. The number of para-hydroxylation sites is 2. The first-order valence-electron chi connectivity index (χ1n) is 8.38. The van der Waals surface area contributed by atoms with E-state index < -0.39 is 18.4 Å². The monoisotopic (exact) mass is 399 g/mol. The van der Waals surface area contributed by atoms with Crippen LogP contribution in [-0.2, 0) is 16.6 Å². The first-order valence-corrected chi connectivity index (χ1v) is 8.76. The number of rotatable bonds is 4. The second kappa shape index (κ2) is 7.37. The van der Waals surface area contributed by atoms with Crippen LogP contribution in [0.1, 0.15) is 16.1 Å². The van der Waals surface area contributed by atoms with Gasteiger partial charge in [0.1, 0.15) is 28.2 Å². The van der Waals surface area contributed by atoms with Crippen molar-refractivity contribution in [1.29, 1.82) is 5.26 Å². The molecule has 0 amide bonds. The average molecular weight is 400 g/mol. The van der Waals surface area contributed by atoms with Gasteiger partial charge in [0.15, 0.2) is 6.61 Å². The van der Waals surface area contributed by atoms with Crippen LogP contribution >= 0.6 is 11.6 Å². The minimum Gasteiger partial charge on any atom is -0.454 e. The smallest absolute Gasteiger partial charge is 0.343 e. The third kappa shape index (κ3) is 3.10. The van der Waals surface area contributed by atoms with E-state index in [1.807, 2.05) is 30.3 Å². The van der Waals surface area contributed by atoms with Crippen molar-refractivity contribution >= 4 is 34.7 Å². The van der Waals surface area contributed by atoms with Gasteiger partial charge in [0.25, 0.3) is 0 Å². The third-order valence-electron chi connectivity index (χ3n) is 4.54. The Kier molecular flexibility index (Phi) is 5.12. The number of nitriles is 1. The molecule has 0 spiro atoms. The Bertz CT molecular complexity index is 1020. The van der Waals surface area contributed by atoms with Gasteiger partial charge in [-0.1, -0.05) is 23.7 Å². The van der Waals surface area contributed by atoms with Gasteiger partial charge in [0.2, 0.25) is 5.78 Å². The van der Waals surface area contributed by atoms with Gasteiger partial charge in [0, 0.05) is 21.1 Å². The van der Waals surface area contributed by atoms with E-state index in [4.69, 9.17) is 16.3 Å². The van der Waals surface area contributed by atoms with Gasteiger partial charge >= 0.3 is 5.97 Å². The van der Waals surface area contributed by atoms with Crippen molar-refractivity contribution in [2.24, 2.45) is 7.05 Å². The molecule has 1 aromatic carbocycles. The van der Waals surface area contributed by atoms with Gasteiger partial charge in [-0.05, 0) is 19.1 Å². The van der Waals surface area contributed by atoms with E-state index >= 15 is 0 Å². The minimum absolute atomic E-state index is 0.0944. The largest absolute Gasteiger partial charge is 0.454 e. The van der Waals surface area contributed by atoms with Crippen LogP contribution in [0, 0.1) is 18.3 Å². The van der Waals surface area contributed by atoms with Gasteiger partial charge < -0.3 is 14.5 Å². The molecule has 0 bridgehead atoms. The van der Waals surface area contributed by atoms with E-state index in [2.05, 4.69) is 5.10 Å². The quantitative estimate of drug-likeness (QED) is 0.443. The summed E-state index contributed by atoms with van der Waals surface area (Å²) >= 11 is 6.05. The summed E-state index contributed by atoms with van der Waals surface area (Å²) in [6, 6.07) is 9.48. The normalized spacial score (nSPS) is 12.6. The zero-order chi connectivity index (χ0) is 20.6. The number of ketones is 1. The van der Waals surface area contributed by atoms with Gasteiger partial charge in [-0.15, -0.1) is 0 Å². The molecular formula is C19H18ClN5O3. The highest BCUT2D eigenvalue weighted by molar-refractivity contribution is 6.32. The molecule has 0 N–H and O–H groups in total. The number of fused-ring (bicyclic) bond motifs is 1. The molecule has 0 aliphatic carbocycles. The number of Topliss-reactive ketones (excluding diaryl/α,β-unsaturated/α-hetero) is 1. The van der Waals surface area contributed by atoms with E-state index in [0.717, 1.165) is 11.4 Å². The number of hydrogen-bond acceptors (Lipinski definition) is 7. The molecule has 0 atom stereocenters. The number of aryl methyl sites for hydroxylation is 2. The fraction of sp³-hybridized carbons (Fsp3) is 0.263. The summed E-state index contributed by atoms with van der Waals surface area (Å²) in [5, 5.41) is 13.8. The molecular weight excluding hydrogens is 382 g/mol. The van der Waals surface area contributed by atoms with Gasteiger partial charge in [-0.2, -0.15) is 10.4 Å². The molecule has 1 aliphatic rings. The Labute approximate surface area is 167 Å². The van der Waals surface area contributed by atoms with Crippen molar-refractivity contribution in [1.82, 2.24) is 9.78 Å². The van der Waals surface area contributed by atoms with E-state index in [0.29, 0.717) is 11.5 Å². The fourth-order valence-electron chi connectivity index (χ4n) is 3.19. The second-order valence-electron chi connectivity index (χ2n) is 6.29. The Morgan fingerprint density at radius 2 is 1.75 bits per heavy atom. The number of nitrogens with zero attached hydrogens (tertiary/aromatic N) is 5. The molecule has 8 nitrogen and oxygen atoms in total. The van der Waals surface area contributed by atoms with Gasteiger partial charge in [0.05, 0.1) is 17.1 Å². The van der Waals surface area contributed by atoms with Gasteiger partial charge in [-0.25, -0.2) is 4.79 Å². The lowest BCUT2D eigenvalue weighted by Gasteiger charge is -2.19. The summed E-state index contributed by atoms with van der Waals surface area (Å²) in [6.07, 6.45) is 0. The highest BCUT2D eigenvalue weighted by atomic mass is 35.5. The number of esters is 1. The van der Waals surface area contributed by atoms with Crippen molar-refractivity contribution in [3.05, 3.63) is 52.1 Å². The van der Waals surface area contributed by atoms with E-state index in [1.165, 1.54) is 4.68 Å². The molecule has 2 heterocycles. The van der Waals surface area contributed by atoms with Crippen LogP contribution < -0.4 is 9.80 Å². The van der Waals surface area contributed by atoms with E-state index in [1.54, 1.807) is 37.9 Å². The fourth-order valence-corrected chi connectivity index (χ4v) is 3.45. The van der Waals surface area contributed by atoms with Crippen LogP contribution in [0.3, 0.4) is 0 Å². The molecule has 0 saturated carbocycles. The van der Waals surface area contributed by atoms with Crippen LogP contribution in [0.5, 0.6) is 0 Å². The van der Waals surface area contributed by atoms with Crippen molar-refractivity contribution in [3.63, 3.8) is 0 Å².